The van der Waals surface area contributed by atoms with Gasteiger partial charge in [0.1, 0.15) is 0 Å². The van der Waals surface area contributed by atoms with Crippen molar-refractivity contribution >= 4 is 19.8 Å². The van der Waals surface area contributed by atoms with Gasteiger partial charge in [-0.1, -0.05) is 27.7 Å². The van der Waals surface area contributed by atoms with Crippen LogP contribution in [0.5, 0.6) is 0 Å². The van der Waals surface area contributed by atoms with Crippen LogP contribution in [0.25, 0.3) is 0 Å². The molecule has 5 radical (unpaired) electrons. The Morgan fingerprint density at radius 1 is 1.00 bits per heavy atom. The Labute approximate surface area is 49.5 Å². The molecule has 0 unspecified atom stereocenters. The second-order valence-corrected chi connectivity index (χ2v) is 0. The fourth-order valence-electron chi connectivity index (χ4n) is 0. The molecule has 31 valence electrons. The summed E-state index contributed by atoms with van der Waals surface area (Å²) >= 11 is 0. The Morgan fingerprint density at radius 2 is 1.00 bits per heavy atom. The summed E-state index contributed by atoms with van der Waals surface area (Å²) in [6, 6.07) is 0. The van der Waals surface area contributed by atoms with Crippen LogP contribution in [0.15, 0.2) is 0 Å². The molecule has 5 heavy (non-hydrogen) atoms. The molecular weight excluding hydrogens is 118 g/mol. The zero-order valence-electron chi connectivity index (χ0n) is 3.99. The van der Waals surface area contributed by atoms with Gasteiger partial charge in [-0.3, -0.25) is 0 Å². The van der Waals surface area contributed by atoms with E-state index in [2.05, 4.69) is 13.8 Å². The van der Waals surface area contributed by atoms with Gasteiger partial charge in [-0.05, 0) is 0 Å². The van der Waals surface area contributed by atoms with Crippen molar-refractivity contribution in [3.8, 4) is 0 Å². The first-order valence-electron chi connectivity index (χ1n) is 1.41. The Morgan fingerprint density at radius 3 is 1.00 bits per heavy atom. The van der Waals surface area contributed by atoms with Crippen molar-refractivity contribution in [1.82, 2.24) is 0 Å². The van der Waals surface area contributed by atoms with E-state index in [0.29, 0.717) is 0 Å². The van der Waals surface area contributed by atoms with E-state index in [-0.39, 0.29) is 21.2 Å². The Kier molecular flexibility index (Phi) is 528. The molecule has 0 spiro atoms. The van der Waals surface area contributed by atoms with Crippen molar-refractivity contribution in [3.63, 3.8) is 0 Å². The van der Waals surface area contributed by atoms with Crippen LogP contribution in [-0.2, 0) is 0 Å². The van der Waals surface area contributed by atoms with Crippen LogP contribution in [0.4, 0.5) is 0 Å². The first-order valence-corrected chi connectivity index (χ1v) is 1.41. The molecule has 0 bridgehead atoms. The van der Waals surface area contributed by atoms with Gasteiger partial charge >= 0.3 is 0 Å². The molecule has 0 amide bonds. The van der Waals surface area contributed by atoms with Gasteiger partial charge in [-0.25, -0.2) is 0 Å². The van der Waals surface area contributed by atoms with Crippen LogP contribution in [0.3, 0.4) is 0 Å². The third-order valence-corrected chi connectivity index (χ3v) is 0. The van der Waals surface area contributed by atoms with Crippen molar-refractivity contribution in [2.24, 2.45) is 0 Å². The maximum atomic E-state index is 3.25. The number of rotatable bonds is 0. The minimum atomic E-state index is 0. The minimum Gasteiger partial charge on any atom is -0.0654 e. The van der Waals surface area contributed by atoms with Gasteiger partial charge in [0.05, 0.1) is 0 Å². The van der Waals surface area contributed by atoms with Crippen LogP contribution in [0.2, 0.25) is 0 Å². The average molecular weight is 130 g/mol. The molecule has 0 aliphatic rings. The first kappa shape index (κ1) is 17.4. The molecule has 0 aromatic carbocycles. The summed E-state index contributed by atoms with van der Waals surface area (Å²) in [4.78, 5) is 0. The molecule has 0 aliphatic carbocycles. The van der Waals surface area contributed by atoms with E-state index in [1.54, 1.807) is 13.8 Å². The van der Waals surface area contributed by atoms with Gasteiger partial charge in [-0.15, -0.1) is 0 Å². The summed E-state index contributed by atoms with van der Waals surface area (Å²) in [5.74, 6) is 0. The molecule has 0 aliphatic heterocycles. The van der Waals surface area contributed by atoms with Gasteiger partial charge in [0.25, 0.3) is 0 Å². The smallest absolute Gasteiger partial charge is 0 e. The zero-order valence-corrected chi connectivity index (χ0v) is 6.41. The van der Waals surface area contributed by atoms with E-state index in [1.807, 2.05) is 0 Å². The molecule has 0 aromatic rings. The van der Waals surface area contributed by atoms with E-state index in [9.17, 15) is 0 Å². The monoisotopic (exact) mass is 129 g/mol. The van der Waals surface area contributed by atoms with Gasteiger partial charge in [0.15, 0.2) is 0 Å². The van der Waals surface area contributed by atoms with Crippen LogP contribution in [0, 0.1) is 13.8 Å². The number of hydrogen-bond acceptors (Lipinski definition) is 0. The van der Waals surface area contributed by atoms with Gasteiger partial charge in [0, 0.05) is 21.2 Å². The Balaban J connectivity index is -0.00000000500. The van der Waals surface area contributed by atoms with E-state index in [0.717, 1.165) is 0 Å². The molecule has 0 saturated heterocycles. The molecule has 0 rings (SSSR count). The molecule has 0 saturated carbocycles. The Hall–Kier alpha value is 0.636. The standard InChI is InChI=1S/2C2H5.Ga.H2/c2*1-2;;/h2*1H2,2H3;;1H. The first-order chi connectivity index (χ1) is 2.00. The summed E-state index contributed by atoms with van der Waals surface area (Å²) in [5.41, 5.74) is 0. The molecule has 0 atom stereocenters. The van der Waals surface area contributed by atoms with Crippen molar-refractivity contribution in [1.29, 1.82) is 0 Å². The fourth-order valence-corrected chi connectivity index (χ4v) is 0. The van der Waals surface area contributed by atoms with E-state index >= 15 is 0 Å². The van der Waals surface area contributed by atoms with Crippen molar-refractivity contribution in [2.75, 3.05) is 0 Å². The second-order valence-electron chi connectivity index (χ2n) is 0. The van der Waals surface area contributed by atoms with Crippen molar-refractivity contribution in [2.45, 2.75) is 13.8 Å². The maximum Gasteiger partial charge on any atom is 0 e. The Bertz CT molecular complexity index is 7.51. The molecule has 0 heterocycles. The van der Waals surface area contributed by atoms with Gasteiger partial charge in [0.2, 0.25) is 0 Å². The van der Waals surface area contributed by atoms with Crippen molar-refractivity contribution in [3.05, 3.63) is 13.8 Å². The summed E-state index contributed by atoms with van der Waals surface area (Å²) < 4.78 is 0. The third kappa shape index (κ3) is 79.6. The minimum absolute atomic E-state index is 0. The fraction of sp³-hybridized carbons (Fsp3) is 0.500. The summed E-state index contributed by atoms with van der Waals surface area (Å²) in [5, 5.41) is 0. The topological polar surface area (TPSA) is 0 Å². The molecule has 0 N–H and O–H groups in total. The van der Waals surface area contributed by atoms with E-state index in [1.165, 1.54) is 0 Å². The van der Waals surface area contributed by atoms with E-state index < -0.39 is 0 Å². The molecule has 1 heteroatoms. The predicted octanol–water partition coefficient (Wildman–Crippen LogP) is 1.55. The van der Waals surface area contributed by atoms with Crippen LogP contribution >= 0.6 is 0 Å². The normalized spacial score (nSPS) is 2.40. The van der Waals surface area contributed by atoms with Crippen LogP contribution in [-0.4, -0.2) is 19.8 Å². The molecule has 0 fully saturated rings. The van der Waals surface area contributed by atoms with Crippen LogP contribution < -0.4 is 0 Å². The predicted molar refractivity (Wildman–Crippen MR) is 29.9 cm³/mol. The number of hydrogen-bond donors (Lipinski definition) is 0. The quantitative estimate of drug-likeness (QED) is 0.436. The molecular formula is C4H12Ga. The average Bonchev–Trinajstić information content (AvgIpc) is 1.50. The van der Waals surface area contributed by atoms with Crippen molar-refractivity contribution < 1.29 is 1.43 Å². The summed E-state index contributed by atoms with van der Waals surface area (Å²) in [7, 11) is 0. The maximum absolute atomic E-state index is 3.25. The zero-order chi connectivity index (χ0) is 4.00. The van der Waals surface area contributed by atoms with Crippen LogP contribution in [0.1, 0.15) is 15.3 Å². The molecule has 0 aromatic heterocycles. The summed E-state index contributed by atoms with van der Waals surface area (Å²) in [6.45, 7) is 10.0. The summed E-state index contributed by atoms with van der Waals surface area (Å²) in [6.07, 6.45) is 0. The molecule has 0 nitrogen and oxygen atoms in total. The van der Waals surface area contributed by atoms with Gasteiger partial charge < -0.3 is 0 Å². The third-order valence-electron chi connectivity index (χ3n) is 0. The largest absolute Gasteiger partial charge is 0.0654 e. The van der Waals surface area contributed by atoms with Gasteiger partial charge in [-0.2, -0.15) is 0 Å². The second kappa shape index (κ2) is 151. The van der Waals surface area contributed by atoms with E-state index in [4.69, 9.17) is 0 Å². The SMILES string of the molecule is [CH2]C.[CH2]C.[Ga].[HH].